The molecule has 4 atom stereocenters. The molecule has 4 rings (SSSR count). The molecule has 3 aliphatic rings. The van der Waals surface area contributed by atoms with Crippen LogP contribution in [0.4, 0.5) is 11.6 Å². The summed E-state index contributed by atoms with van der Waals surface area (Å²) in [6.07, 6.45) is 9.55. The van der Waals surface area contributed by atoms with Gasteiger partial charge in [-0.2, -0.15) is 0 Å². The van der Waals surface area contributed by atoms with Crippen LogP contribution in [0.25, 0.3) is 0 Å². The zero-order valence-corrected chi connectivity index (χ0v) is 17.0. The Labute approximate surface area is 163 Å². The lowest BCUT2D eigenvalue weighted by molar-refractivity contribution is -0.0369. The van der Waals surface area contributed by atoms with Crippen molar-refractivity contribution < 1.29 is 9.47 Å². The van der Waals surface area contributed by atoms with Crippen molar-refractivity contribution in [2.75, 3.05) is 43.6 Å². The molecule has 6 heteroatoms. The summed E-state index contributed by atoms with van der Waals surface area (Å²) in [7, 11) is 2.10. The summed E-state index contributed by atoms with van der Waals surface area (Å²) in [6, 6.07) is 0.607. The number of hydrogen-bond acceptors (Lipinski definition) is 6. The summed E-state index contributed by atoms with van der Waals surface area (Å²) in [5.41, 5.74) is 0.907. The molecule has 3 fully saturated rings. The number of rotatable bonds is 7. The Balaban J connectivity index is 1.45. The van der Waals surface area contributed by atoms with Crippen LogP contribution in [0.1, 0.15) is 51.0 Å². The maximum absolute atomic E-state index is 6.08. The Bertz CT molecular complexity index is 635. The first-order valence-corrected chi connectivity index (χ1v) is 10.6. The lowest BCUT2D eigenvalue weighted by Crippen LogP contribution is -2.45. The molecule has 1 aromatic heterocycles. The van der Waals surface area contributed by atoms with Crippen molar-refractivity contribution in [2.24, 2.45) is 11.8 Å². The maximum atomic E-state index is 6.08. The molecule has 6 nitrogen and oxygen atoms in total. The quantitative estimate of drug-likeness (QED) is 0.789. The van der Waals surface area contributed by atoms with Gasteiger partial charge in [0.2, 0.25) is 0 Å². The molecule has 2 saturated carbocycles. The number of nitrogens with zero attached hydrogens (tertiary/aromatic N) is 3. The highest BCUT2D eigenvalue weighted by atomic mass is 16.6. The molecule has 1 saturated heterocycles. The summed E-state index contributed by atoms with van der Waals surface area (Å²) in [6.45, 7) is 7.10. The first-order valence-electron chi connectivity index (χ1n) is 10.6. The highest BCUT2D eigenvalue weighted by molar-refractivity contribution is 5.58. The largest absolute Gasteiger partial charge is 0.378 e. The number of ether oxygens (including phenoxy) is 2. The smallest absolute Gasteiger partial charge is 0.136 e. The molecular formula is C21H34N4O2. The van der Waals surface area contributed by atoms with Gasteiger partial charge in [-0.25, -0.2) is 9.97 Å². The molecule has 27 heavy (non-hydrogen) atoms. The summed E-state index contributed by atoms with van der Waals surface area (Å²) >= 11 is 0. The number of anilines is 2. The van der Waals surface area contributed by atoms with E-state index in [1.54, 1.807) is 6.33 Å². The van der Waals surface area contributed by atoms with Gasteiger partial charge in [-0.1, -0.05) is 19.3 Å². The van der Waals surface area contributed by atoms with E-state index in [9.17, 15) is 0 Å². The van der Waals surface area contributed by atoms with Crippen molar-refractivity contribution in [2.45, 2.75) is 64.0 Å². The second kappa shape index (κ2) is 7.92. The number of fused-ring (bicyclic) bond motifs is 1. The molecule has 2 unspecified atom stereocenters. The van der Waals surface area contributed by atoms with E-state index in [0.29, 0.717) is 19.3 Å². The van der Waals surface area contributed by atoms with E-state index in [0.717, 1.165) is 48.6 Å². The van der Waals surface area contributed by atoms with E-state index in [2.05, 4.69) is 41.1 Å². The molecule has 0 spiro atoms. The summed E-state index contributed by atoms with van der Waals surface area (Å²) in [5.74, 6) is 3.68. The standard InChI is InChI=1S/C21H34N4O2/c1-4-27-21(10-11-26-13-21)12-25(3)20-15(2)19(22-14-23-20)24-18-16-8-6-5-7-9-17(16)18/h14,16-18H,4-13H2,1-3H3,(H,22,23,24)/t16-,17+,18?,21?. The van der Waals surface area contributed by atoms with Crippen LogP contribution in [-0.2, 0) is 9.47 Å². The van der Waals surface area contributed by atoms with E-state index >= 15 is 0 Å². The van der Waals surface area contributed by atoms with Crippen LogP contribution in [-0.4, -0.2) is 55.0 Å². The minimum atomic E-state index is -0.224. The fraction of sp³-hybridized carbons (Fsp3) is 0.810. The number of likely N-dealkylation sites (N-methyl/N-ethyl adjacent to an activating group) is 1. The minimum Gasteiger partial charge on any atom is -0.378 e. The van der Waals surface area contributed by atoms with Crippen molar-refractivity contribution in [1.29, 1.82) is 0 Å². The van der Waals surface area contributed by atoms with Gasteiger partial charge in [-0.15, -0.1) is 0 Å². The summed E-state index contributed by atoms with van der Waals surface area (Å²) < 4.78 is 11.7. The fourth-order valence-corrected chi connectivity index (χ4v) is 5.20. The average molecular weight is 375 g/mol. The van der Waals surface area contributed by atoms with Crippen molar-refractivity contribution in [3.05, 3.63) is 11.9 Å². The molecule has 1 N–H and O–H groups in total. The molecule has 0 amide bonds. The SMILES string of the molecule is CCOC1(CN(C)c2ncnc(NC3[C@H]4CCCCC[C@@H]34)c2C)CCOC1. The maximum Gasteiger partial charge on any atom is 0.136 e. The normalized spacial score (nSPS) is 32.6. The molecule has 2 aliphatic carbocycles. The zero-order valence-electron chi connectivity index (χ0n) is 17.0. The third-order valence-electron chi connectivity index (χ3n) is 6.67. The van der Waals surface area contributed by atoms with E-state index in [4.69, 9.17) is 9.47 Å². The zero-order chi connectivity index (χ0) is 18.9. The Morgan fingerprint density at radius 1 is 1.26 bits per heavy atom. The minimum absolute atomic E-state index is 0.224. The van der Waals surface area contributed by atoms with Crippen LogP contribution in [0.5, 0.6) is 0 Å². The topological polar surface area (TPSA) is 59.5 Å². The van der Waals surface area contributed by atoms with Gasteiger partial charge in [0.1, 0.15) is 23.6 Å². The molecule has 0 aromatic carbocycles. The average Bonchev–Trinajstić information content (AvgIpc) is 3.19. The first-order chi connectivity index (χ1) is 13.1. The number of aromatic nitrogens is 2. The lowest BCUT2D eigenvalue weighted by atomic mass is 10.0. The van der Waals surface area contributed by atoms with Gasteiger partial charge in [0, 0.05) is 38.3 Å². The van der Waals surface area contributed by atoms with Crippen LogP contribution < -0.4 is 10.2 Å². The van der Waals surface area contributed by atoms with E-state index in [-0.39, 0.29) is 5.60 Å². The van der Waals surface area contributed by atoms with Crippen LogP contribution in [0.15, 0.2) is 6.33 Å². The predicted octanol–water partition coefficient (Wildman–Crippen LogP) is 3.41. The van der Waals surface area contributed by atoms with Gasteiger partial charge in [0.15, 0.2) is 0 Å². The number of nitrogens with one attached hydrogen (secondary N) is 1. The van der Waals surface area contributed by atoms with E-state index in [1.165, 1.54) is 32.1 Å². The van der Waals surface area contributed by atoms with Crippen LogP contribution >= 0.6 is 0 Å². The van der Waals surface area contributed by atoms with Crippen LogP contribution in [0, 0.1) is 18.8 Å². The van der Waals surface area contributed by atoms with Crippen molar-refractivity contribution in [1.82, 2.24) is 9.97 Å². The van der Waals surface area contributed by atoms with Gasteiger partial charge in [0.05, 0.1) is 13.2 Å². The third kappa shape index (κ3) is 3.92. The molecular weight excluding hydrogens is 340 g/mol. The van der Waals surface area contributed by atoms with Crippen molar-refractivity contribution in [3.8, 4) is 0 Å². The third-order valence-corrected chi connectivity index (χ3v) is 6.67. The molecule has 150 valence electrons. The molecule has 1 aliphatic heterocycles. The second-order valence-corrected chi connectivity index (χ2v) is 8.58. The van der Waals surface area contributed by atoms with Crippen LogP contribution in [0.3, 0.4) is 0 Å². The highest BCUT2D eigenvalue weighted by Crippen LogP contribution is 2.50. The molecule has 0 radical (unpaired) electrons. The summed E-state index contributed by atoms with van der Waals surface area (Å²) in [4.78, 5) is 11.4. The van der Waals surface area contributed by atoms with Gasteiger partial charge < -0.3 is 19.7 Å². The number of hydrogen-bond donors (Lipinski definition) is 1. The van der Waals surface area contributed by atoms with Crippen molar-refractivity contribution >= 4 is 11.6 Å². The fourth-order valence-electron chi connectivity index (χ4n) is 5.20. The van der Waals surface area contributed by atoms with E-state index in [1.807, 2.05) is 0 Å². The van der Waals surface area contributed by atoms with E-state index < -0.39 is 0 Å². The second-order valence-electron chi connectivity index (χ2n) is 8.58. The van der Waals surface area contributed by atoms with Gasteiger partial charge >= 0.3 is 0 Å². The molecule has 1 aromatic rings. The Morgan fingerprint density at radius 3 is 2.70 bits per heavy atom. The predicted molar refractivity (Wildman–Crippen MR) is 107 cm³/mol. The van der Waals surface area contributed by atoms with Gasteiger partial charge in [-0.3, -0.25) is 0 Å². The van der Waals surface area contributed by atoms with Gasteiger partial charge in [-0.05, 0) is 38.5 Å². The monoisotopic (exact) mass is 374 g/mol. The molecule has 0 bridgehead atoms. The highest BCUT2D eigenvalue weighted by Gasteiger charge is 2.50. The van der Waals surface area contributed by atoms with Crippen molar-refractivity contribution in [3.63, 3.8) is 0 Å². The lowest BCUT2D eigenvalue weighted by Gasteiger charge is -2.33. The Morgan fingerprint density at radius 2 is 2.04 bits per heavy atom. The first kappa shape index (κ1) is 18.9. The molecule has 2 heterocycles. The Hall–Kier alpha value is -1.40. The summed E-state index contributed by atoms with van der Waals surface area (Å²) in [5, 5.41) is 3.74. The Kier molecular flexibility index (Phi) is 5.55. The van der Waals surface area contributed by atoms with Crippen LogP contribution in [0.2, 0.25) is 0 Å². The van der Waals surface area contributed by atoms with Gasteiger partial charge in [0.25, 0.3) is 0 Å².